The number of nitrogens with zero attached hydrogens (tertiary/aromatic N) is 2. The van der Waals surface area contributed by atoms with E-state index in [0.717, 1.165) is 60.2 Å². The largest absolute Gasteiger partial charge is 0.489 e. The maximum absolute atomic E-state index is 13.7. The summed E-state index contributed by atoms with van der Waals surface area (Å²) in [4.78, 5) is 32.5. The zero-order chi connectivity index (χ0) is 33.2. The van der Waals surface area contributed by atoms with Gasteiger partial charge in [0.2, 0.25) is 0 Å². The molecule has 0 saturated heterocycles. The number of aromatic nitrogens is 1. The number of aryl methyl sites for hydroxylation is 3. The Morgan fingerprint density at radius 2 is 1.51 bits per heavy atom. The molecule has 47 heavy (non-hydrogen) atoms. The van der Waals surface area contributed by atoms with Gasteiger partial charge in [-0.3, -0.25) is 0 Å². The average Bonchev–Trinajstić information content (AvgIpc) is 3.07. The molecule has 7 heteroatoms. The Kier molecular flexibility index (Phi) is 11.3. The number of benzene rings is 3. The summed E-state index contributed by atoms with van der Waals surface area (Å²) in [5.41, 5.74) is 6.20. The predicted octanol–water partition coefficient (Wildman–Crippen LogP) is 8.48. The smallest absolute Gasteiger partial charge is 0.410 e. The molecule has 1 aliphatic carbocycles. The van der Waals surface area contributed by atoms with Crippen molar-refractivity contribution < 1.29 is 23.8 Å². The highest BCUT2D eigenvalue weighted by atomic mass is 16.6. The van der Waals surface area contributed by atoms with Gasteiger partial charge in [-0.05, 0) is 106 Å². The summed E-state index contributed by atoms with van der Waals surface area (Å²) >= 11 is 0. The van der Waals surface area contributed by atoms with Gasteiger partial charge in [0.1, 0.15) is 23.7 Å². The Morgan fingerprint density at radius 3 is 2.23 bits per heavy atom. The van der Waals surface area contributed by atoms with Crippen molar-refractivity contribution in [1.29, 1.82) is 0 Å². The van der Waals surface area contributed by atoms with Crippen molar-refractivity contribution in [2.45, 2.75) is 84.5 Å². The molecule has 4 aromatic rings. The van der Waals surface area contributed by atoms with E-state index in [-0.39, 0.29) is 12.1 Å². The molecule has 0 saturated carbocycles. The molecule has 1 atom stereocenters. The number of pyridine rings is 1. The Labute approximate surface area is 278 Å². The maximum atomic E-state index is 13.7. The highest BCUT2D eigenvalue weighted by molar-refractivity contribution is 5.87. The second-order valence-electron chi connectivity index (χ2n) is 13.0. The van der Waals surface area contributed by atoms with E-state index in [0.29, 0.717) is 31.9 Å². The van der Waals surface area contributed by atoms with Gasteiger partial charge in [0, 0.05) is 12.2 Å². The van der Waals surface area contributed by atoms with Crippen LogP contribution in [0.3, 0.4) is 0 Å². The summed E-state index contributed by atoms with van der Waals surface area (Å²) < 4.78 is 17.4. The molecule has 1 aliphatic rings. The standard InChI is InChI=1S/C40H46N2O5/c1-5-45-38(43)35-25-24-33-34(41-35)15-11-16-36(33)42(39(44)47-40(2,3)4)27-26-32-14-9-10-17-37(32)46-28-31-22-20-30(21-23-31)19-18-29-12-7-6-8-13-29/h6-10,12-14,17,20-25,36H,5,11,15-16,18-19,26-28H2,1-4H3. The number of para-hydroxylation sites is 1. The van der Waals surface area contributed by atoms with Gasteiger partial charge in [-0.25, -0.2) is 14.6 Å². The Morgan fingerprint density at radius 1 is 0.830 bits per heavy atom. The van der Waals surface area contributed by atoms with Gasteiger partial charge in [0.15, 0.2) is 0 Å². The van der Waals surface area contributed by atoms with E-state index >= 15 is 0 Å². The topological polar surface area (TPSA) is 78.0 Å². The van der Waals surface area contributed by atoms with Crippen LogP contribution in [0.1, 0.15) is 90.6 Å². The number of esters is 1. The van der Waals surface area contributed by atoms with Crippen LogP contribution >= 0.6 is 0 Å². The minimum atomic E-state index is -0.642. The summed E-state index contributed by atoms with van der Waals surface area (Å²) in [6, 6.07) is 30.6. The van der Waals surface area contributed by atoms with Gasteiger partial charge in [-0.15, -0.1) is 0 Å². The van der Waals surface area contributed by atoms with Crippen LogP contribution in [0.4, 0.5) is 4.79 Å². The van der Waals surface area contributed by atoms with E-state index in [1.54, 1.807) is 13.0 Å². The van der Waals surface area contributed by atoms with Crippen molar-refractivity contribution in [3.63, 3.8) is 0 Å². The number of fused-ring (bicyclic) bond motifs is 1. The van der Waals surface area contributed by atoms with Crippen LogP contribution < -0.4 is 4.74 Å². The molecule has 0 aliphatic heterocycles. The fourth-order valence-electron chi connectivity index (χ4n) is 5.96. The fraction of sp³-hybridized carbons (Fsp3) is 0.375. The van der Waals surface area contributed by atoms with Crippen LogP contribution in [0.15, 0.2) is 91.0 Å². The SMILES string of the molecule is CCOC(=O)c1ccc2c(n1)CCCC2N(CCc1ccccc1OCc1ccc(CCc2ccccc2)cc1)C(=O)OC(C)(C)C. The molecule has 0 fully saturated rings. The average molecular weight is 635 g/mol. The van der Waals surface area contributed by atoms with Crippen LogP contribution in [0.2, 0.25) is 0 Å². The summed E-state index contributed by atoms with van der Waals surface area (Å²) in [5.74, 6) is 0.367. The monoisotopic (exact) mass is 634 g/mol. The molecule has 246 valence electrons. The Balaban J connectivity index is 1.27. The Hall–Kier alpha value is -4.65. The van der Waals surface area contributed by atoms with Crippen molar-refractivity contribution >= 4 is 12.1 Å². The zero-order valence-electron chi connectivity index (χ0n) is 28.0. The van der Waals surface area contributed by atoms with Crippen LogP contribution in [0, 0.1) is 0 Å². The van der Waals surface area contributed by atoms with Gasteiger partial charge >= 0.3 is 12.1 Å². The van der Waals surface area contributed by atoms with Crippen molar-refractivity contribution in [3.8, 4) is 5.75 Å². The number of hydrogen-bond acceptors (Lipinski definition) is 6. The number of hydrogen-bond donors (Lipinski definition) is 0. The minimum Gasteiger partial charge on any atom is -0.489 e. The summed E-state index contributed by atoms with van der Waals surface area (Å²) in [6.45, 7) is 8.60. The lowest BCUT2D eigenvalue weighted by Gasteiger charge is -2.36. The van der Waals surface area contributed by atoms with Crippen molar-refractivity contribution in [3.05, 3.63) is 130 Å². The van der Waals surface area contributed by atoms with Gasteiger partial charge in [-0.2, -0.15) is 0 Å². The molecule has 7 nitrogen and oxygen atoms in total. The lowest BCUT2D eigenvalue weighted by atomic mass is 9.89. The number of amides is 1. The molecule has 3 aromatic carbocycles. The lowest BCUT2D eigenvalue weighted by molar-refractivity contribution is 0.0140. The van der Waals surface area contributed by atoms with Crippen LogP contribution in [0.5, 0.6) is 5.75 Å². The normalized spacial score (nSPS) is 14.2. The van der Waals surface area contributed by atoms with E-state index in [1.165, 1.54) is 11.1 Å². The summed E-state index contributed by atoms with van der Waals surface area (Å²) in [5, 5.41) is 0. The molecule has 1 heterocycles. The number of carbonyl (C=O) groups excluding carboxylic acids is 2. The highest BCUT2D eigenvalue weighted by Gasteiger charge is 2.33. The predicted molar refractivity (Wildman–Crippen MR) is 184 cm³/mol. The Bertz CT molecular complexity index is 1630. The van der Waals surface area contributed by atoms with E-state index in [9.17, 15) is 9.59 Å². The van der Waals surface area contributed by atoms with Crippen molar-refractivity contribution in [2.75, 3.05) is 13.2 Å². The first-order valence-corrected chi connectivity index (χ1v) is 16.7. The minimum absolute atomic E-state index is 0.217. The van der Waals surface area contributed by atoms with Crippen LogP contribution in [0.25, 0.3) is 0 Å². The molecule has 5 rings (SSSR count). The van der Waals surface area contributed by atoms with E-state index < -0.39 is 11.6 Å². The van der Waals surface area contributed by atoms with Crippen molar-refractivity contribution in [2.24, 2.45) is 0 Å². The van der Waals surface area contributed by atoms with Gasteiger partial charge in [0.05, 0.1) is 12.6 Å². The maximum Gasteiger partial charge on any atom is 0.410 e. The quantitative estimate of drug-likeness (QED) is 0.146. The zero-order valence-corrected chi connectivity index (χ0v) is 28.0. The molecular formula is C40H46N2O5. The molecule has 1 unspecified atom stereocenters. The van der Waals surface area contributed by atoms with E-state index in [1.807, 2.05) is 56.0 Å². The van der Waals surface area contributed by atoms with Crippen LogP contribution in [-0.4, -0.2) is 40.7 Å². The molecule has 1 aromatic heterocycles. The second-order valence-corrected chi connectivity index (χ2v) is 13.0. The van der Waals surface area contributed by atoms with Crippen molar-refractivity contribution in [1.82, 2.24) is 9.88 Å². The van der Waals surface area contributed by atoms with Gasteiger partial charge in [-0.1, -0.05) is 78.9 Å². The lowest BCUT2D eigenvalue weighted by Crippen LogP contribution is -2.41. The number of ether oxygens (including phenoxy) is 3. The van der Waals surface area contributed by atoms with Crippen LogP contribution in [-0.2, 0) is 41.8 Å². The van der Waals surface area contributed by atoms with Gasteiger partial charge in [0.25, 0.3) is 0 Å². The first-order chi connectivity index (χ1) is 22.7. The third kappa shape index (κ3) is 9.44. The van der Waals surface area contributed by atoms with E-state index in [2.05, 4.69) is 59.6 Å². The molecule has 1 amide bonds. The first kappa shape index (κ1) is 33.7. The molecule has 0 N–H and O–H groups in total. The number of carbonyl (C=O) groups is 2. The first-order valence-electron chi connectivity index (χ1n) is 16.7. The molecule has 0 bridgehead atoms. The third-order valence-corrected chi connectivity index (χ3v) is 8.31. The summed E-state index contributed by atoms with van der Waals surface area (Å²) in [6.07, 6.45) is 4.61. The number of rotatable bonds is 12. The molecule has 0 radical (unpaired) electrons. The second kappa shape index (κ2) is 15.8. The van der Waals surface area contributed by atoms with E-state index in [4.69, 9.17) is 14.2 Å². The third-order valence-electron chi connectivity index (χ3n) is 8.31. The fourth-order valence-corrected chi connectivity index (χ4v) is 5.96. The van der Waals surface area contributed by atoms with Gasteiger partial charge < -0.3 is 19.1 Å². The summed E-state index contributed by atoms with van der Waals surface area (Å²) in [7, 11) is 0. The highest BCUT2D eigenvalue weighted by Crippen LogP contribution is 2.35. The molecule has 0 spiro atoms. The molecular weight excluding hydrogens is 588 g/mol.